The van der Waals surface area contributed by atoms with Crippen molar-refractivity contribution in [2.24, 2.45) is 11.8 Å². The standard InChI is InChI=1S/C20H30F2O2/c1-5-15(4)18(23)10-8-6-7-9-16-17(21)11-12-19(20(16)22)24-13-14(2)3/h11-12,14-15H,5-10,13H2,1-4H3. The fourth-order valence-electron chi connectivity index (χ4n) is 2.43. The average Bonchev–Trinajstić information content (AvgIpc) is 2.55. The molecule has 1 unspecified atom stereocenters. The minimum Gasteiger partial charge on any atom is -0.490 e. The van der Waals surface area contributed by atoms with Crippen LogP contribution in [0.2, 0.25) is 0 Å². The van der Waals surface area contributed by atoms with Gasteiger partial charge in [0.05, 0.1) is 6.61 Å². The lowest BCUT2D eigenvalue weighted by Crippen LogP contribution is -2.09. The second-order valence-corrected chi connectivity index (χ2v) is 6.88. The summed E-state index contributed by atoms with van der Waals surface area (Å²) >= 11 is 0. The molecule has 2 nitrogen and oxygen atoms in total. The van der Waals surface area contributed by atoms with Crippen LogP contribution in [0.4, 0.5) is 8.78 Å². The molecule has 1 atom stereocenters. The van der Waals surface area contributed by atoms with E-state index in [9.17, 15) is 13.6 Å². The molecule has 0 saturated heterocycles. The highest BCUT2D eigenvalue weighted by atomic mass is 19.1. The molecule has 24 heavy (non-hydrogen) atoms. The summed E-state index contributed by atoms with van der Waals surface area (Å²) in [4.78, 5) is 11.8. The maximum absolute atomic E-state index is 14.4. The molecule has 0 aromatic heterocycles. The summed E-state index contributed by atoms with van der Waals surface area (Å²) in [5.74, 6) is -0.340. The van der Waals surface area contributed by atoms with Crippen LogP contribution >= 0.6 is 0 Å². The molecule has 136 valence electrons. The Balaban J connectivity index is 2.49. The van der Waals surface area contributed by atoms with Gasteiger partial charge in [0.1, 0.15) is 11.6 Å². The van der Waals surface area contributed by atoms with Gasteiger partial charge in [0.25, 0.3) is 0 Å². The summed E-state index contributed by atoms with van der Waals surface area (Å²) < 4.78 is 33.6. The summed E-state index contributed by atoms with van der Waals surface area (Å²) in [6.45, 7) is 8.30. The highest BCUT2D eigenvalue weighted by Crippen LogP contribution is 2.25. The number of unbranched alkanes of at least 4 members (excludes halogenated alkanes) is 2. The van der Waals surface area contributed by atoms with Crippen LogP contribution in [0.25, 0.3) is 0 Å². The lowest BCUT2D eigenvalue weighted by molar-refractivity contribution is -0.122. The molecule has 1 aromatic rings. The first kappa shape index (κ1) is 20.6. The van der Waals surface area contributed by atoms with Crippen LogP contribution < -0.4 is 4.74 Å². The summed E-state index contributed by atoms with van der Waals surface area (Å²) in [5, 5.41) is 0. The van der Waals surface area contributed by atoms with Gasteiger partial charge in [-0.1, -0.05) is 34.1 Å². The van der Waals surface area contributed by atoms with Gasteiger partial charge in [-0.05, 0) is 43.7 Å². The first-order valence-corrected chi connectivity index (χ1v) is 8.99. The normalized spacial score (nSPS) is 12.5. The van der Waals surface area contributed by atoms with Gasteiger partial charge >= 0.3 is 0 Å². The number of ether oxygens (including phenoxy) is 1. The van der Waals surface area contributed by atoms with Crippen molar-refractivity contribution >= 4 is 5.78 Å². The quantitative estimate of drug-likeness (QED) is 0.482. The maximum Gasteiger partial charge on any atom is 0.171 e. The molecule has 0 N–H and O–H groups in total. The van der Waals surface area contributed by atoms with Gasteiger partial charge in [-0.25, -0.2) is 8.78 Å². The monoisotopic (exact) mass is 340 g/mol. The van der Waals surface area contributed by atoms with Crippen molar-refractivity contribution in [3.63, 3.8) is 0 Å². The van der Waals surface area contributed by atoms with Gasteiger partial charge in [0.15, 0.2) is 11.6 Å². The van der Waals surface area contributed by atoms with E-state index in [0.29, 0.717) is 25.9 Å². The highest BCUT2D eigenvalue weighted by Gasteiger charge is 2.15. The summed E-state index contributed by atoms with van der Waals surface area (Å²) in [5.41, 5.74) is 0.0875. The third-order valence-corrected chi connectivity index (χ3v) is 4.23. The largest absolute Gasteiger partial charge is 0.490 e. The molecule has 0 amide bonds. The van der Waals surface area contributed by atoms with Gasteiger partial charge in [-0.2, -0.15) is 0 Å². The second-order valence-electron chi connectivity index (χ2n) is 6.88. The summed E-state index contributed by atoms with van der Waals surface area (Å²) in [6, 6.07) is 2.61. The molecule has 0 aliphatic rings. The summed E-state index contributed by atoms with van der Waals surface area (Å²) in [7, 11) is 0. The van der Waals surface area contributed by atoms with E-state index in [-0.39, 0.29) is 28.9 Å². The lowest BCUT2D eigenvalue weighted by Gasteiger charge is -2.13. The molecule has 1 rings (SSSR count). The van der Waals surface area contributed by atoms with E-state index in [1.54, 1.807) is 0 Å². The molecule has 0 radical (unpaired) electrons. The van der Waals surface area contributed by atoms with E-state index in [4.69, 9.17) is 4.74 Å². The van der Waals surface area contributed by atoms with Crippen molar-refractivity contribution < 1.29 is 18.3 Å². The van der Waals surface area contributed by atoms with Crippen LogP contribution in [0.1, 0.15) is 65.4 Å². The van der Waals surface area contributed by atoms with Crippen molar-refractivity contribution in [3.8, 4) is 5.75 Å². The van der Waals surface area contributed by atoms with E-state index in [1.165, 1.54) is 12.1 Å². The number of carbonyl (C=O) groups is 1. The van der Waals surface area contributed by atoms with Gasteiger partial charge in [0.2, 0.25) is 0 Å². The third kappa shape index (κ3) is 6.58. The average molecular weight is 340 g/mol. The maximum atomic E-state index is 14.4. The Morgan fingerprint density at radius 1 is 1.12 bits per heavy atom. The van der Waals surface area contributed by atoms with Crippen molar-refractivity contribution in [2.75, 3.05) is 6.61 Å². The SMILES string of the molecule is CCC(C)C(=O)CCCCCc1c(F)ccc(OCC(C)C)c1F. The van der Waals surface area contributed by atoms with Gasteiger partial charge in [-0.15, -0.1) is 0 Å². The van der Waals surface area contributed by atoms with Crippen molar-refractivity contribution in [1.29, 1.82) is 0 Å². The first-order valence-electron chi connectivity index (χ1n) is 8.99. The fourth-order valence-corrected chi connectivity index (χ4v) is 2.43. The van der Waals surface area contributed by atoms with Crippen molar-refractivity contribution in [3.05, 3.63) is 29.3 Å². The van der Waals surface area contributed by atoms with E-state index >= 15 is 0 Å². The molecule has 0 fully saturated rings. The number of halogens is 2. The number of rotatable bonds is 11. The number of benzene rings is 1. The van der Waals surface area contributed by atoms with Crippen LogP contribution in [0.15, 0.2) is 12.1 Å². The Morgan fingerprint density at radius 2 is 1.83 bits per heavy atom. The van der Waals surface area contributed by atoms with E-state index in [1.807, 2.05) is 27.7 Å². The van der Waals surface area contributed by atoms with Crippen LogP contribution in [-0.4, -0.2) is 12.4 Å². The Bertz CT molecular complexity index is 527. The topological polar surface area (TPSA) is 26.3 Å². The van der Waals surface area contributed by atoms with Gasteiger partial charge < -0.3 is 4.74 Å². The predicted octanol–water partition coefficient (Wildman–Crippen LogP) is 5.72. The molecule has 0 saturated carbocycles. The Labute approximate surface area is 144 Å². The minimum absolute atomic E-state index is 0.0875. The lowest BCUT2D eigenvalue weighted by atomic mass is 9.97. The molecule has 1 aromatic carbocycles. The van der Waals surface area contributed by atoms with E-state index < -0.39 is 11.6 Å². The van der Waals surface area contributed by atoms with Gasteiger partial charge in [0, 0.05) is 17.9 Å². The number of carbonyl (C=O) groups excluding carboxylic acids is 1. The molecule has 0 aliphatic carbocycles. The fraction of sp³-hybridized carbons (Fsp3) is 0.650. The summed E-state index contributed by atoms with van der Waals surface area (Å²) in [6.07, 6.45) is 3.97. The Morgan fingerprint density at radius 3 is 2.46 bits per heavy atom. The molecule has 4 heteroatoms. The van der Waals surface area contributed by atoms with Crippen molar-refractivity contribution in [2.45, 2.75) is 66.2 Å². The number of hydrogen-bond acceptors (Lipinski definition) is 2. The molecule has 0 aliphatic heterocycles. The van der Waals surface area contributed by atoms with Gasteiger partial charge in [-0.3, -0.25) is 4.79 Å². The van der Waals surface area contributed by atoms with Crippen LogP contribution in [0.5, 0.6) is 5.75 Å². The zero-order valence-electron chi connectivity index (χ0n) is 15.3. The highest BCUT2D eigenvalue weighted by molar-refractivity contribution is 5.80. The zero-order valence-corrected chi connectivity index (χ0v) is 15.3. The Kier molecular flexibility index (Phi) is 8.94. The van der Waals surface area contributed by atoms with E-state index in [2.05, 4.69) is 0 Å². The van der Waals surface area contributed by atoms with Crippen LogP contribution in [0.3, 0.4) is 0 Å². The zero-order chi connectivity index (χ0) is 18.1. The number of ketones is 1. The molecule has 0 spiro atoms. The van der Waals surface area contributed by atoms with Crippen molar-refractivity contribution in [1.82, 2.24) is 0 Å². The second kappa shape index (κ2) is 10.4. The molecular formula is C20H30F2O2. The Hall–Kier alpha value is -1.45. The third-order valence-electron chi connectivity index (χ3n) is 4.23. The number of hydrogen-bond donors (Lipinski definition) is 0. The molecule has 0 heterocycles. The van der Waals surface area contributed by atoms with Crippen LogP contribution in [-0.2, 0) is 11.2 Å². The predicted molar refractivity (Wildman–Crippen MR) is 93.3 cm³/mol. The first-order chi connectivity index (χ1) is 11.4. The smallest absolute Gasteiger partial charge is 0.171 e. The number of Topliss-reactive ketones (excluding diaryl/α,β-unsaturated/α-hetero) is 1. The van der Waals surface area contributed by atoms with Crippen LogP contribution in [0, 0.1) is 23.5 Å². The minimum atomic E-state index is -0.591. The van der Waals surface area contributed by atoms with E-state index in [0.717, 1.165) is 19.3 Å². The molecular weight excluding hydrogens is 310 g/mol. The molecule has 0 bridgehead atoms.